The molecule has 0 atom stereocenters. The molecule has 5 nitrogen and oxygen atoms in total. The molecule has 0 aliphatic rings. The van der Waals surface area contributed by atoms with Gasteiger partial charge in [-0.1, -0.05) is 0 Å². The molecule has 0 heterocycles. The minimum atomic E-state index is -1.04. The van der Waals surface area contributed by atoms with Gasteiger partial charge in [0.1, 0.15) is 0 Å². The van der Waals surface area contributed by atoms with Crippen LogP contribution >= 0.6 is 0 Å². The number of hydrogen-bond donors (Lipinski definition) is 0. The summed E-state index contributed by atoms with van der Waals surface area (Å²) in [6.07, 6.45) is 2.76. The lowest BCUT2D eigenvalue weighted by molar-refractivity contribution is -0.112. The van der Waals surface area contributed by atoms with Gasteiger partial charge in [-0.25, -0.2) is 9.59 Å². The van der Waals surface area contributed by atoms with E-state index in [-0.39, 0.29) is 0 Å². The van der Waals surface area contributed by atoms with Crippen molar-refractivity contribution in [2.24, 2.45) is 9.98 Å². The van der Waals surface area contributed by atoms with Gasteiger partial charge in [0.15, 0.2) is 11.4 Å². The molecule has 0 aromatic rings. The highest BCUT2D eigenvalue weighted by Gasteiger charge is 2.28. The molecule has 5 heteroatoms. The van der Waals surface area contributed by atoms with Gasteiger partial charge in [-0.05, 0) is 27.7 Å². The highest BCUT2D eigenvalue weighted by Crippen LogP contribution is 2.21. The average Bonchev–Trinajstić information content (AvgIpc) is 1.82. The quantitative estimate of drug-likeness (QED) is 0.486. The molecule has 0 N–H and O–H groups in total. The highest BCUT2D eigenvalue weighted by molar-refractivity contribution is 5.34. The number of isocyanates is 2. The van der Waals surface area contributed by atoms with E-state index in [4.69, 9.17) is 4.74 Å². The molecule has 0 amide bonds. The third-order valence-electron chi connectivity index (χ3n) is 1.13. The molecule has 0 aliphatic heterocycles. The fourth-order valence-electron chi connectivity index (χ4n) is 0.877. The molecule has 0 saturated heterocycles. The van der Waals surface area contributed by atoms with E-state index in [0.29, 0.717) is 0 Å². The lowest BCUT2D eigenvalue weighted by Crippen LogP contribution is -2.34. The van der Waals surface area contributed by atoms with E-state index in [0.717, 1.165) is 0 Å². The number of nitrogens with zero attached hydrogens (tertiary/aromatic N) is 2. The monoisotopic (exact) mass is 184 g/mol. The van der Waals surface area contributed by atoms with Crippen LogP contribution in [0.15, 0.2) is 9.98 Å². The molecular formula is C8H12N2O3. The van der Waals surface area contributed by atoms with Crippen molar-refractivity contribution < 1.29 is 14.3 Å². The van der Waals surface area contributed by atoms with Gasteiger partial charge in [0, 0.05) is 0 Å². The Morgan fingerprint density at radius 2 is 1.23 bits per heavy atom. The fraction of sp³-hybridized carbons (Fsp3) is 0.750. The van der Waals surface area contributed by atoms with Crippen LogP contribution in [0.4, 0.5) is 0 Å². The van der Waals surface area contributed by atoms with E-state index in [1.807, 2.05) is 0 Å². The first kappa shape index (κ1) is 11.7. The van der Waals surface area contributed by atoms with E-state index in [1.165, 1.54) is 12.2 Å². The maximum absolute atomic E-state index is 9.98. The first-order valence-electron chi connectivity index (χ1n) is 3.71. The molecule has 0 radical (unpaired) electrons. The van der Waals surface area contributed by atoms with Crippen molar-refractivity contribution in [3.8, 4) is 0 Å². The largest absolute Gasteiger partial charge is 0.326 e. The summed E-state index contributed by atoms with van der Waals surface area (Å²) in [5, 5.41) is 0. The Morgan fingerprint density at radius 1 is 0.923 bits per heavy atom. The van der Waals surface area contributed by atoms with E-state index in [1.54, 1.807) is 27.7 Å². The fourth-order valence-corrected chi connectivity index (χ4v) is 0.877. The summed E-state index contributed by atoms with van der Waals surface area (Å²) >= 11 is 0. The Labute approximate surface area is 76.5 Å². The predicted molar refractivity (Wildman–Crippen MR) is 45.5 cm³/mol. The van der Waals surface area contributed by atoms with Gasteiger partial charge in [0.2, 0.25) is 12.2 Å². The standard InChI is InChI=1S/C8H12N2O3/c1-7(2,9-5-11)13-8(3,4)10-6-12/h1-4H3. The molecular weight excluding hydrogens is 172 g/mol. The van der Waals surface area contributed by atoms with Crippen molar-refractivity contribution >= 4 is 12.2 Å². The van der Waals surface area contributed by atoms with Gasteiger partial charge >= 0.3 is 0 Å². The molecule has 0 rings (SSSR count). The highest BCUT2D eigenvalue weighted by atomic mass is 16.5. The smallest absolute Gasteiger partial charge is 0.237 e. The van der Waals surface area contributed by atoms with Crippen LogP contribution in [-0.2, 0) is 14.3 Å². The zero-order valence-corrected chi connectivity index (χ0v) is 8.12. The number of carbonyl (C=O) groups excluding carboxylic acids is 2. The van der Waals surface area contributed by atoms with Crippen molar-refractivity contribution in [2.45, 2.75) is 39.1 Å². The van der Waals surface area contributed by atoms with Crippen molar-refractivity contribution in [1.29, 1.82) is 0 Å². The summed E-state index contributed by atoms with van der Waals surface area (Å²) in [5.41, 5.74) is -2.07. The first-order chi connectivity index (χ1) is 5.83. The van der Waals surface area contributed by atoms with E-state index in [9.17, 15) is 9.59 Å². The molecule has 0 aromatic carbocycles. The Hall–Kier alpha value is -1.28. The van der Waals surface area contributed by atoms with Crippen LogP contribution in [0.2, 0.25) is 0 Å². The van der Waals surface area contributed by atoms with Crippen LogP contribution in [0.25, 0.3) is 0 Å². The summed E-state index contributed by atoms with van der Waals surface area (Å²) in [5.74, 6) is 0. The van der Waals surface area contributed by atoms with Gasteiger partial charge in [0.25, 0.3) is 0 Å². The van der Waals surface area contributed by atoms with Crippen LogP contribution in [0, 0.1) is 0 Å². The van der Waals surface area contributed by atoms with Crippen molar-refractivity contribution in [3.05, 3.63) is 0 Å². The van der Waals surface area contributed by atoms with E-state index < -0.39 is 11.4 Å². The summed E-state index contributed by atoms with van der Waals surface area (Å²) in [7, 11) is 0. The molecule has 0 fully saturated rings. The minimum Gasteiger partial charge on any atom is -0.326 e. The second-order valence-corrected chi connectivity index (χ2v) is 3.40. The van der Waals surface area contributed by atoms with E-state index in [2.05, 4.69) is 9.98 Å². The summed E-state index contributed by atoms with van der Waals surface area (Å²) in [6, 6.07) is 0. The van der Waals surface area contributed by atoms with Crippen LogP contribution < -0.4 is 0 Å². The molecule has 72 valence electrons. The van der Waals surface area contributed by atoms with Crippen LogP contribution in [0.1, 0.15) is 27.7 Å². The van der Waals surface area contributed by atoms with Gasteiger partial charge in [-0.2, -0.15) is 9.98 Å². The molecule has 0 aromatic heterocycles. The normalized spacial score (nSPS) is 11.4. The maximum Gasteiger partial charge on any atom is 0.237 e. The zero-order valence-electron chi connectivity index (χ0n) is 8.12. The van der Waals surface area contributed by atoms with E-state index >= 15 is 0 Å². The molecule has 13 heavy (non-hydrogen) atoms. The van der Waals surface area contributed by atoms with Crippen LogP contribution in [-0.4, -0.2) is 23.6 Å². The second kappa shape index (κ2) is 4.10. The summed E-state index contributed by atoms with van der Waals surface area (Å²) in [4.78, 5) is 26.8. The second-order valence-electron chi connectivity index (χ2n) is 3.40. The average molecular weight is 184 g/mol. The Balaban J connectivity index is 4.59. The maximum atomic E-state index is 9.98. The number of rotatable bonds is 4. The molecule has 0 spiro atoms. The van der Waals surface area contributed by atoms with Gasteiger partial charge in [0.05, 0.1) is 0 Å². The molecule has 0 aliphatic carbocycles. The van der Waals surface area contributed by atoms with Crippen molar-refractivity contribution in [3.63, 3.8) is 0 Å². The van der Waals surface area contributed by atoms with Gasteiger partial charge < -0.3 is 4.74 Å². The third kappa shape index (κ3) is 5.04. The first-order valence-corrected chi connectivity index (χ1v) is 3.71. The number of aliphatic imine (C=N–C) groups is 2. The van der Waals surface area contributed by atoms with Crippen molar-refractivity contribution in [1.82, 2.24) is 0 Å². The zero-order chi connectivity index (χ0) is 10.5. The number of hydrogen-bond acceptors (Lipinski definition) is 5. The van der Waals surface area contributed by atoms with Gasteiger partial charge in [-0.3, -0.25) is 0 Å². The Bertz CT molecular complexity index is 243. The predicted octanol–water partition coefficient (Wildman–Crippen LogP) is 1.15. The van der Waals surface area contributed by atoms with Crippen LogP contribution in [0.3, 0.4) is 0 Å². The Morgan fingerprint density at radius 3 is 1.46 bits per heavy atom. The lowest BCUT2D eigenvalue weighted by atomic mass is 10.2. The summed E-state index contributed by atoms with van der Waals surface area (Å²) < 4.78 is 5.25. The lowest BCUT2D eigenvalue weighted by Gasteiger charge is -2.27. The summed E-state index contributed by atoms with van der Waals surface area (Å²) in [6.45, 7) is 6.28. The molecule has 0 bridgehead atoms. The molecule has 0 unspecified atom stereocenters. The topological polar surface area (TPSA) is 68.1 Å². The number of ether oxygens (including phenoxy) is 1. The SMILES string of the molecule is CC(C)(N=C=O)OC(C)(C)N=C=O. The van der Waals surface area contributed by atoms with Gasteiger partial charge in [-0.15, -0.1) is 0 Å². The molecule has 0 saturated carbocycles. The van der Waals surface area contributed by atoms with Crippen molar-refractivity contribution in [2.75, 3.05) is 0 Å². The van der Waals surface area contributed by atoms with Crippen LogP contribution in [0.5, 0.6) is 0 Å². The third-order valence-corrected chi connectivity index (χ3v) is 1.13. The Kier molecular flexibility index (Phi) is 3.69. The minimum absolute atomic E-state index is 1.04.